The van der Waals surface area contributed by atoms with Crippen LogP contribution in [0.25, 0.3) is 0 Å². The van der Waals surface area contributed by atoms with Crippen LogP contribution in [0.3, 0.4) is 0 Å². The Bertz CT molecular complexity index is 741. The van der Waals surface area contributed by atoms with Gasteiger partial charge in [-0.05, 0) is 57.9 Å². The quantitative estimate of drug-likeness (QED) is 0.938. The summed E-state index contributed by atoms with van der Waals surface area (Å²) in [7, 11) is 2.21. The van der Waals surface area contributed by atoms with Crippen molar-refractivity contribution in [3.8, 4) is 0 Å². The Morgan fingerprint density at radius 1 is 1.08 bits per heavy atom. The van der Waals surface area contributed by atoms with E-state index in [4.69, 9.17) is 9.97 Å². The van der Waals surface area contributed by atoms with Gasteiger partial charge in [0.25, 0.3) is 0 Å². The zero-order valence-electron chi connectivity index (χ0n) is 14.5. The summed E-state index contributed by atoms with van der Waals surface area (Å²) in [5.41, 5.74) is 2.82. The molecule has 1 N–H and O–H groups in total. The molecule has 0 amide bonds. The van der Waals surface area contributed by atoms with Crippen LogP contribution in [0.4, 0.5) is 0 Å². The summed E-state index contributed by atoms with van der Waals surface area (Å²) in [5.74, 6) is 3.92. The van der Waals surface area contributed by atoms with E-state index in [1.54, 1.807) is 0 Å². The molecule has 6 nitrogen and oxygen atoms in total. The standard InChI is InChI=1S/C18H26N6/c1-23-14-6-3-2-5-13(14)19-18(23)15-7-4-10-24(15)11-16-20-17(22-21-16)12-8-9-12/h12,15H,2-11H2,1H3,(H,20,21,22). The van der Waals surface area contributed by atoms with Crippen LogP contribution in [0.2, 0.25) is 0 Å². The van der Waals surface area contributed by atoms with Crippen molar-refractivity contribution in [2.45, 2.75) is 69.9 Å². The van der Waals surface area contributed by atoms with Gasteiger partial charge >= 0.3 is 0 Å². The molecule has 2 fully saturated rings. The van der Waals surface area contributed by atoms with E-state index in [0.717, 1.165) is 31.2 Å². The normalized spacial score (nSPS) is 24.5. The van der Waals surface area contributed by atoms with Crippen LogP contribution in [0.5, 0.6) is 0 Å². The average Bonchev–Trinajstić information content (AvgIpc) is 3.03. The molecule has 1 saturated heterocycles. The first-order chi connectivity index (χ1) is 11.8. The lowest BCUT2D eigenvalue weighted by atomic mass is 10.0. The molecule has 1 aliphatic heterocycles. The number of imidazole rings is 1. The number of hydrogen-bond acceptors (Lipinski definition) is 4. The first-order valence-electron chi connectivity index (χ1n) is 9.49. The van der Waals surface area contributed by atoms with Crippen LogP contribution < -0.4 is 0 Å². The molecule has 5 rings (SSSR count). The summed E-state index contributed by atoms with van der Waals surface area (Å²) in [5, 5.41) is 7.56. The Balaban J connectivity index is 1.37. The van der Waals surface area contributed by atoms with Gasteiger partial charge in [-0.25, -0.2) is 9.97 Å². The number of H-pyrrole nitrogens is 1. The summed E-state index contributed by atoms with van der Waals surface area (Å²) in [6, 6.07) is 0.426. The van der Waals surface area contributed by atoms with E-state index in [9.17, 15) is 0 Å². The fourth-order valence-electron chi connectivity index (χ4n) is 4.41. The van der Waals surface area contributed by atoms with Gasteiger partial charge in [-0.15, -0.1) is 0 Å². The Labute approximate surface area is 142 Å². The molecule has 1 unspecified atom stereocenters. The van der Waals surface area contributed by atoms with E-state index in [1.165, 1.54) is 62.2 Å². The molecule has 1 saturated carbocycles. The lowest BCUT2D eigenvalue weighted by molar-refractivity contribution is 0.230. The Morgan fingerprint density at radius 3 is 2.79 bits per heavy atom. The summed E-state index contributed by atoms with van der Waals surface area (Å²) < 4.78 is 2.38. The van der Waals surface area contributed by atoms with Gasteiger partial charge in [-0.2, -0.15) is 5.10 Å². The molecular formula is C18H26N6. The van der Waals surface area contributed by atoms with Gasteiger partial charge in [0.2, 0.25) is 0 Å². The zero-order chi connectivity index (χ0) is 16.1. The minimum Gasteiger partial charge on any atom is -0.334 e. The molecule has 2 aromatic heterocycles. The molecule has 0 spiro atoms. The molecule has 0 radical (unpaired) electrons. The maximum atomic E-state index is 5.04. The second-order valence-corrected chi connectivity index (χ2v) is 7.67. The van der Waals surface area contributed by atoms with E-state index in [-0.39, 0.29) is 0 Å². The average molecular weight is 326 g/mol. The fraction of sp³-hybridized carbons (Fsp3) is 0.722. The number of likely N-dealkylation sites (tertiary alicyclic amines) is 1. The highest BCUT2D eigenvalue weighted by molar-refractivity contribution is 5.22. The van der Waals surface area contributed by atoms with Crippen LogP contribution in [0, 0.1) is 0 Å². The van der Waals surface area contributed by atoms with Gasteiger partial charge in [-0.1, -0.05) is 0 Å². The van der Waals surface area contributed by atoms with Crippen molar-refractivity contribution < 1.29 is 0 Å². The monoisotopic (exact) mass is 326 g/mol. The molecule has 128 valence electrons. The third kappa shape index (κ3) is 2.48. The van der Waals surface area contributed by atoms with Crippen molar-refractivity contribution in [2.24, 2.45) is 7.05 Å². The molecule has 24 heavy (non-hydrogen) atoms. The topological polar surface area (TPSA) is 62.6 Å². The highest BCUT2D eigenvalue weighted by Gasteiger charge is 2.33. The number of nitrogens with zero attached hydrogens (tertiary/aromatic N) is 5. The Hall–Kier alpha value is -1.69. The van der Waals surface area contributed by atoms with Crippen LogP contribution in [-0.2, 0) is 26.4 Å². The molecule has 0 bridgehead atoms. The van der Waals surface area contributed by atoms with Crippen LogP contribution in [0.1, 0.15) is 79.3 Å². The van der Waals surface area contributed by atoms with E-state index in [1.807, 2.05) is 0 Å². The predicted molar refractivity (Wildman–Crippen MR) is 90.6 cm³/mol. The van der Waals surface area contributed by atoms with Crippen molar-refractivity contribution in [1.82, 2.24) is 29.6 Å². The number of hydrogen-bond donors (Lipinski definition) is 1. The van der Waals surface area contributed by atoms with E-state index in [0.29, 0.717) is 12.0 Å². The third-order valence-electron chi connectivity index (χ3n) is 5.91. The van der Waals surface area contributed by atoms with Crippen molar-refractivity contribution in [2.75, 3.05) is 6.54 Å². The highest BCUT2D eigenvalue weighted by atomic mass is 15.3. The first kappa shape index (κ1) is 14.6. The van der Waals surface area contributed by atoms with Crippen molar-refractivity contribution in [3.63, 3.8) is 0 Å². The minimum atomic E-state index is 0.426. The molecule has 1 atom stereocenters. The maximum Gasteiger partial charge on any atom is 0.153 e. The van der Waals surface area contributed by atoms with Crippen molar-refractivity contribution in [1.29, 1.82) is 0 Å². The Kier molecular flexibility index (Phi) is 3.47. The van der Waals surface area contributed by atoms with Gasteiger partial charge in [0, 0.05) is 18.7 Å². The number of nitrogens with one attached hydrogen (secondary N) is 1. The largest absolute Gasteiger partial charge is 0.334 e. The molecule has 3 heterocycles. The van der Waals surface area contributed by atoms with E-state index < -0.39 is 0 Å². The van der Waals surface area contributed by atoms with Crippen LogP contribution in [-0.4, -0.2) is 36.2 Å². The lowest BCUT2D eigenvalue weighted by Gasteiger charge is -2.23. The van der Waals surface area contributed by atoms with Crippen LogP contribution in [0.15, 0.2) is 0 Å². The van der Waals surface area contributed by atoms with Gasteiger partial charge in [-0.3, -0.25) is 10.00 Å². The molecule has 2 aromatic rings. The SMILES string of the molecule is Cn1c(C2CCCN2Cc2nc(C3CC3)n[nH]2)nc2c1CCCC2. The number of aromatic nitrogens is 5. The number of rotatable bonds is 4. The number of aryl methyl sites for hydroxylation is 1. The fourth-order valence-corrected chi connectivity index (χ4v) is 4.41. The molecular weight excluding hydrogens is 300 g/mol. The van der Waals surface area contributed by atoms with E-state index in [2.05, 4.69) is 26.7 Å². The van der Waals surface area contributed by atoms with Gasteiger partial charge < -0.3 is 4.57 Å². The van der Waals surface area contributed by atoms with Crippen LogP contribution >= 0.6 is 0 Å². The minimum absolute atomic E-state index is 0.426. The second-order valence-electron chi connectivity index (χ2n) is 7.67. The number of aromatic amines is 1. The van der Waals surface area contributed by atoms with Crippen molar-refractivity contribution in [3.05, 3.63) is 28.9 Å². The van der Waals surface area contributed by atoms with E-state index >= 15 is 0 Å². The summed E-state index contributed by atoms with van der Waals surface area (Å²) in [6.07, 6.45) is 9.90. The van der Waals surface area contributed by atoms with Crippen molar-refractivity contribution >= 4 is 0 Å². The number of fused-ring (bicyclic) bond motifs is 1. The maximum absolute atomic E-state index is 5.04. The summed E-state index contributed by atoms with van der Waals surface area (Å²) in [6.45, 7) is 1.99. The molecule has 3 aliphatic rings. The van der Waals surface area contributed by atoms with Gasteiger partial charge in [0.05, 0.1) is 18.3 Å². The Morgan fingerprint density at radius 2 is 1.96 bits per heavy atom. The first-order valence-corrected chi connectivity index (χ1v) is 9.49. The summed E-state index contributed by atoms with van der Waals surface area (Å²) in [4.78, 5) is 12.3. The molecule has 6 heteroatoms. The smallest absolute Gasteiger partial charge is 0.153 e. The highest BCUT2D eigenvalue weighted by Crippen LogP contribution is 2.38. The van der Waals surface area contributed by atoms with Gasteiger partial charge in [0.15, 0.2) is 5.82 Å². The zero-order valence-corrected chi connectivity index (χ0v) is 14.5. The lowest BCUT2D eigenvalue weighted by Crippen LogP contribution is -2.25. The molecule has 0 aromatic carbocycles. The third-order valence-corrected chi connectivity index (χ3v) is 5.91. The summed E-state index contributed by atoms with van der Waals surface area (Å²) >= 11 is 0. The second kappa shape index (κ2) is 5.69. The predicted octanol–water partition coefficient (Wildman–Crippen LogP) is 2.63. The molecule has 2 aliphatic carbocycles. The van der Waals surface area contributed by atoms with Gasteiger partial charge in [0.1, 0.15) is 11.6 Å².